The van der Waals surface area contributed by atoms with E-state index in [1.54, 1.807) is 17.6 Å². The minimum absolute atomic E-state index is 0.304. The number of carbonyl (C=O) groups is 1. The first-order valence-corrected chi connectivity index (χ1v) is 8.85. The lowest BCUT2D eigenvalue weighted by molar-refractivity contribution is 0.0526. The molecule has 0 saturated heterocycles. The van der Waals surface area contributed by atoms with Crippen LogP contribution in [0.1, 0.15) is 22.8 Å². The number of hydrogen-bond donors (Lipinski definition) is 0. The molecule has 0 radical (unpaired) electrons. The maximum Gasteiger partial charge on any atom is 0.341 e. The molecule has 2 heterocycles. The summed E-state index contributed by atoms with van der Waals surface area (Å²) < 4.78 is 6.96. The molecule has 0 spiro atoms. The van der Waals surface area contributed by atoms with Crippen LogP contribution in [0.15, 0.2) is 66.9 Å². The molecule has 0 bridgehead atoms. The summed E-state index contributed by atoms with van der Waals surface area (Å²) in [5.41, 5.74) is 5.59. The SMILES string of the molecule is CCOC(=O)c1cnc2cc(-c3ccccc3)nn2c1-c1ccc(C)cc1. The average Bonchev–Trinajstić information content (AvgIpc) is 3.13. The largest absolute Gasteiger partial charge is 0.462 e. The molecule has 27 heavy (non-hydrogen) atoms. The van der Waals surface area contributed by atoms with Gasteiger partial charge in [-0.3, -0.25) is 0 Å². The van der Waals surface area contributed by atoms with Gasteiger partial charge in [0.05, 0.1) is 18.0 Å². The Morgan fingerprint density at radius 3 is 2.48 bits per heavy atom. The number of nitrogens with zero attached hydrogens (tertiary/aromatic N) is 3. The van der Waals surface area contributed by atoms with Crippen LogP contribution in [0.4, 0.5) is 0 Å². The lowest BCUT2D eigenvalue weighted by Gasteiger charge is -2.11. The first kappa shape index (κ1) is 17.0. The second-order valence-corrected chi connectivity index (χ2v) is 6.27. The number of esters is 1. The molecule has 4 rings (SSSR count). The molecule has 0 aliphatic carbocycles. The van der Waals surface area contributed by atoms with Crippen molar-refractivity contribution in [2.24, 2.45) is 0 Å². The van der Waals surface area contributed by atoms with Gasteiger partial charge in [0.2, 0.25) is 0 Å². The summed E-state index contributed by atoms with van der Waals surface area (Å²) in [6.07, 6.45) is 1.57. The van der Waals surface area contributed by atoms with Crippen LogP contribution < -0.4 is 0 Å². The molecule has 0 saturated carbocycles. The van der Waals surface area contributed by atoms with Crippen LogP contribution in [-0.2, 0) is 4.74 Å². The summed E-state index contributed by atoms with van der Waals surface area (Å²) in [4.78, 5) is 17.0. The Morgan fingerprint density at radius 1 is 1.04 bits per heavy atom. The number of benzene rings is 2. The fourth-order valence-corrected chi connectivity index (χ4v) is 3.03. The molecule has 0 fully saturated rings. The van der Waals surface area contributed by atoms with Crippen molar-refractivity contribution in [1.29, 1.82) is 0 Å². The first-order valence-electron chi connectivity index (χ1n) is 8.85. The van der Waals surface area contributed by atoms with Crippen LogP contribution in [0.3, 0.4) is 0 Å². The second-order valence-electron chi connectivity index (χ2n) is 6.27. The van der Waals surface area contributed by atoms with E-state index < -0.39 is 5.97 Å². The second kappa shape index (κ2) is 7.03. The fraction of sp³-hybridized carbons (Fsp3) is 0.136. The molecule has 0 unspecified atom stereocenters. The number of hydrogen-bond acceptors (Lipinski definition) is 4. The van der Waals surface area contributed by atoms with Gasteiger partial charge in [0.25, 0.3) is 0 Å². The van der Waals surface area contributed by atoms with Crippen molar-refractivity contribution in [3.05, 3.63) is 78.0 Å². The monoisotopic (exact) mass is 357 g/mol. The van der Waals surface area contributed by atoms with Gasteiger partial charge in [-0.25, -0.2) is 14.3 Å². The van der Waals surface area contributed by atoms with E-state index in [1.807, 2.05) is 67.6 Å². The molecule has 0 amide bonds. The van der Waals surface area contributed by atoms with Gasteiger partial charge in [0.15, 0.2) is 5.65 Å². The van der Waals surface area contributed by atoms with Crippen LogP contribution in [0.2, 0.25) is 0 Å². The fourth-order valence-electron chi connectivity index (χ4n) is 3.03. The number of fused-ring (bicyclic) bond motifs is 1. The van der Waals surface area contributed by atoms with E-state index in [0.29, 0.717) is 23.5 Å². The smallest absolute Gasteiger partial charge is 0.341 e. The molecule has 5 heteroatoms. The van der Waals surface area contributed by atoms with E-state index in [1.165, 1.54) is 0 Å². The summed E-state index contributed by atoms with van der Waals surface area (Å²) in [7, 11) is 0. The normalized spacial score (nSPS) is 10.9. The van der Waals surface area contributed by atoms with Crippen molar-refractivity contribution < 1.29 is 9.53 Å². The molecule has 0 atom stereocenters. The number of rotatable bonds is 4. The highest BCUT2D eigenvalue weighted by Crippen LogP contribution is 2.28. The molecule has 0 aliphatic heterocycles. The lowest BCUT2D eigenvalue weighted by atomic mass is 10.1. The zero-order valence-corrected chi connectivity index (χ0v) is 15.2. The molecule has 4 aromatic rings. The number of ether oxygens (including phenoxy) is 1. The minimum Gasteiger partial charge on any atom is -0.462 e. The van der Waals surface area contributed by atoms with Gasteiger partial charge >= 0.3 is 5.97 Å². The van der Waals surface area contributed by atoms with Crippen molar-refractivity contribution in [1.82, 2.24) is 14.6 Å². The molecule has 2 aromatic carbocycles. The van der Waals surface area contributed by atoms with Gasteiger partial charge in [-0.05, 0) is 13.8 Å². The van der Waals surface area contributed by atoms with Gasteiger partial charge in [0.1, 0.15) is 5.56 Å². The maximum absolute atomic E-state index is 12.5. The number of aromatic nitrogens is 3. The third kappa shape index (κ3) is 3.19. The van der Waals surface area contributed by atoms with Crippen LogP contribution in [-0.4, -0.2) is 27.2 Å². The number of aryl methyl sites for hydroxylation is 1. The van der Waals surface area contributed by atoms with Crippen LogP contribution in [0.25, 0.3) is 28.2 Å². The first-order chi connectivity index (χ1) is 13.2. The Labute approximate surface area is 157 Å². The highest BCUT2D eigenvalue weighted by atomic mass is 16.5. The maximum atomic E-state index is 12.5. The van der Waals surface area contributed by atoms with Crippen molar-refractivity contribution in [2.45, 2.75) is 13.8 Å². The van der Waals surface area contributed by atoms with Gasteiger partial charge in [-0.1, -0.05) is 60.2 Å². The van der Waals surface area contributed by atoms with E-state index in [9.17, 15) is 4.79 Å². The predicted molar refractivity (Wildman–Crippen MR) is 105 cm³/mol. The van der Waals surface area contributed by atoms with Gasteiger partial charge in [-0.15, -0.1) is 0 Å². The van der Waals surface area contributed by atoms with Crippen LogP contribution >= 0.6 is 0 Å². The van der Waals surface area contributed by atoms with E-state index >= 15 is 0 Å². The summed E-state index contributed by atoms with van der Waals surface area (Å²) >= 11 is 0. The van der Waals surface area contributed by atoms with Crippen molar-refractivity contribution in [2.75, 3.05) is 6.61 Å². The number of carbonyl (C=O) groups excluding carboxylic acids is 1. The lowest BCUT2D eigenvalue weighted by Crippen LogP contribution is -2.11. The zero-order valence-electron chi connectivity index (χ0n) is 15.2. The molecule has 5 nitrogen and oxygen atoms in total. The Kier molecular flexibility index (Phi) is 4.42. The molecule has 134 valence electrons. The summed E-state index contributed by atoms with van der Waals surface area (Å²) in [6.45, 7) is 4.12. The summed E-state index contributed by atoms with van der Waals surface area (Å²) in [6, 6.07) is 19.8. The van der Waals surface area contributed by atoms with Crippen molar-refractivity contribution in [3.8, 4) is 22.5 Å². The van der Waals surface area contributed by atoms with Gasteiger partial charge < -0.3 is 4.74 Å². The third-order valence-electron chi connectivity index (χ3n) is 4.37. The minimum atomic E-state index is -0.403. The Bertz CT molecular complexity index is 1100. The van der Waals surface area contributed by atoms with E-state index in [4.69, 9.17) is 9.84 Å². The molecular weight excluding hydrogens is 338 g/mol. The summed E-state index contributed by atoms with van der Waals surface area (Å²) in [5.74, 6) is -0.403. The van der Waals surface area contributed by atoms with Crippen LogP contribution in [0.5, 0.6) is 0 Å². The zero-order chi connectivity index (χ0) is 18.8. The molecule has 0 aliphatic rings. The van der Waals surface area contributed by atoms with Crippen molar-refractivity contribution >= 4 is 11.6 Å². The third-order valence-corrected chi connectivity index (χ3v) is 4.37. The van der Waals surface area contributed by atoms with E-state index in [-0.39, 0.29) is 0 Å². The van der Waals surface area contributed by atoms with E-state index in [2.05, 4.69) is 4.98 Å². The highest BCUT2D eigenvalue weighted by Gasteiger charge is 2.20. The summed E-state index contributed by atoms with van der Waals surface area (Å²) in [5, 5.41) is 4.73. The highest BCUT2D eigenvalue weighted by molar-refractivity contribution is 5.96. The van der Waals surface area contributed by atoms with Gasteiger partial charge in [-0.2, -0.15) is 5.10 Å². The average molecular weight is 357 g/mol. The molecular formula is C22H19N3O2. The predicted octanol–water partition coefficient (Wildman–Crippen LogP) is 4.55. The standard InChI is InChI=1S/C22H19N3O2/c1-3-27-22(26)18-14-23-20-13-19(16-7-5-4-6-8-16)24-25(20)21(18)17-11-9-15(2)10-12-17/h4-14H,3H2,1-2H3. The van der Waals surface area contributed by atoms with Gasteiger partial charge in [0, 0.05) is 23.4 Å². The van der Waals surface area contributed by atoms with E-state index in [0.717, 1.165) is 22.4 Å². The Hall–Kier alpha value is -3.47. The van der Waals surface area contributed by atoms with Crippen LogP contribution in [0, 0.1) is 6.92 Å². The quantitative estimate of drug-likeness (QED) is 0.503. The van der Waals surface area contributed by atoms with Crippen molar-refractivity contribution in [3.63, 3.8) is 0 Å². The molecule has 0 N–H and O–H groups in total. The Balaban J connectivity index is 1.96. The topological polar surface area (TPSA) is 56.5 Å². The Morgan fingerprint density at radius 2 is 1.78 bits per heavy atom. The molecule has 2 aromatic heterocycles.